The second-order valence-electron chi connectivity index (χ2n) is 5.39. The molecule has 0 aromatic carbocycles. The van der Waals surface area contributed by atoms with Gasteiger partial charge in [0.2, 0.25) is 5.91 Å². The topological polar surface area (TPSA) is 69.6 Å². The summed E-state index contributed by atoms with van der Waals surface area (Å²) >= 11 is 0. The number of aliphatic carboxylic acids is 1. The molecule has 1 atom stereocenters. The molecule has 2 N–H and O–H groups in total. The van der Waals surface area contributed by atoms with Crippen LogP contribution in [0.2, 0.25) is 0 Å². The monoisotopic (exact) mass is 226 g/mol. The summed E-state index contributed by atoms with van der Waals surface area (Å²) in [7, 11) is 0. The molecule has 1 aliphatic heterocycles. The summed E-state index contributed by atoms with van der Waals surface area (Å²) in [6, 6.07) is -0.0762. The lowest BCUT2D eigenvalue weighted by Gasteiger charge is -2.43. The number of rotatable bonds is 3. The first kappa shape index (κ1) is 11.4. The lowest BCUT2D eigenvalue weighted by Crippen LogP contribution is -2.65. The number of hydrogen-bond acceptors (Lipinski definition) is 3. The van der Waals surface area contributed by atoms with Crippen LogP contribution in [0.25, 0.3) is 0 Å². The number of hydrogen-bond donors (Lipinski definition) is 2. The molecule has 1 heterocycles. The van der Waals surface area contributed by atoms with E-state index >= 15 is 0 Å². The van der Waals surface area contributed by atoms with Crippen molar-refractivity contribution < 1.29 is 14.7 Å². The van der Waals surface area contributed by atoms with Gasteiger partial charge in [0.05, 0.1) is 12.5 Å². The number of nitrogens with one attached hydrogen (secondary N) is 1. The van der Waals surface area contributed by atoms with Gasteiger partial charge in [-0.15, -0.1) is 0 Å². The van der Waals surface area contributed by atoms with Gasteiger partial charge in [0.1, 0.15) is 0 Å². The minimum absolute atomic E-state index is 0.0988. The number of carboxylic acid groups (broad SMARTS) is 1. The summed E-state index contributed by atoms with van der Waals surface area (Å²) < 4.78 is 0. The van der Waals surface area contributed by atoms with Gasteiger partial charge in [-0.1, -0.05) is 0 Å². The van der Waals surface area contributed by atoms with Gasteiger partial charge < -0.3 is 10.4 Å². The molecule has 0 aromatic rings. The van der Waals surface area contributed by atoms with Crippen LogP contribution in [0.4, 0.5) is 0 Å². The molecule has 5 nitrogen and oxygen atoms in total. The number of amides is 1. The lowest BCUT2D eigenvalue weighted by atomic mass is 9.96. The molecule has 90 valence electrons. The third-order valence-corrected chi connectivity index (χ3v) is 3.13. The Morgan fingerprint density at radius 3 is 2.69 bits per heavy atom. The van der Waals surface area contributed by atoms with Crippen molar-refractivity contribution in [2.24, 2.45) is 0 Å². The average Bonchev–Trinajstić information content (AvgIpc) is 2.90. The summed E-state index contributed by atoms with van der Waals surface area (Å²) in [6.45, 7) is 4.68. The first-order valence-corrected chi connectivity index (χ1v) is 5.69. The maximum absolute atomic E-state index is 11.9. The molecule has 2 fully saturated rings. The maximum Gasteiger partial charge on any atom is 0.305 e. The van der Waals surface area contributed by atoms with Gasteiger partial charge >= 0.3 is 5.97 Å². The Labute approximate surface area is 94.8 Å². The van der Waals surface area contributed by atoms with Crippen molar-refractivity contribution in [1.82, 2.24) is 10.2 Å². The zero-order valence-electron chi connectivity index (χ0n) is 9.69. The van der Waals surface area contributed by atoms with Gasteiger partial charge in [0.25, 0.3) is 0 Å². The van der Waals surface area contributed by atoms with E-state index in [0.717, 1.165) is 19.4 Å². The van der Waals surface area contributed by atoms with Crippen molar-refractivity contribution in [3.05, 3.63) is 0 Å². The Kier molecular flexibility index (Phi) is 2.66. The van der Waals surface area contributed by atoms with E-state index in [1.54, 1.807) is 0 Å². The molecule has 1 amide bonds. The van der Waals surface area contributed by atoms with Gasteiger partial charge in [-0.3, -0.25) is 14.5 Å². The number of carbonyl (C=O) groups excluding carboxylic acids is 1. The highest BCUT2D eigenvalue weighted by atomic mass is 16.4. The van der Waals surface area contributed by atoms with Crippen LogP contribution in [-0.2, 0) is 9.59 Å². The van der Waals surface area contributed by atoms with E-state index in [1.807, 2.05) is 13.8 Å². The molecule has 2 rings (SSSR count). The highest BCUT2D eigenvalue weighted by Crippen LogP contribution is 2.32. The quantitative estimate of drug-likeness (QED) is 0.721. The molecule has 0 aromatic heterocycles. The molecule has 1 aliphatic carbocycles. The van der Waals surface area contributed by atoms with Crippen LogP contribution >= 0.6 is 0 Å². The molecule has 1 unspecified atom stereocenters. The second kappa shape index (κ2) is 3.73. The SMILES string of the molecule is CC1(C)CN(C2CC2)C(CC(=O)O)C(=O)N1. The molecular weight excluding hydrogens is 208 g/mol. The summed E-state index contributed by atoms with van der Waals surface area (Å²) in [5, 5.41) is 11.7. The first-order chi connectivity index (χ1) is 7.39. The van der Waals surface area contributed by atoms with Crippen LogP contribution in [0.3, 0.4) is 0 Å². The van der Waals surface area contributed by atoms with Crippen molar-refractivity contribution in [1.29, 1.82) is 0 Å². The molecule has 5 heteroatoms. The number of carboxylic acids is 1. The number of piperazine rings is 1. The Morgan fingerprint density at radius 1 is 1.56 bits per heavy atom. The van der Waals surface area contributed by atoms with E-state index in [9.17, 15) is 9.59 Å². The summed E-state index contributed by atoms with van der Waals surface area (Å²) in [5.41, 5.74) is -0.255. The predicted molar refractivity (Wildman–Crippen MR) is 58.0 cm³/mol. The fourth-order valence-electron chi connectivity index (χ4n) is 2.34. The normalized spacial score (nSPS) is 29.9. The van der Waals surface area contributed by atoms with Crippen LogP contribution in [0.5, 0.6) is 0 Å². The van der Waals surface area contributed by atoms with Crippen molar-refractivity contribution in [3.8, 4) is 0 Å². The molecule has 1 saturated carbocycles. The zero-order chi connectivity index (χ0) is 11.9. The van der Waals surface area contributed by atoms with Crippen LogP contribution < -0.4 is 5.32 Å². The summed E-state index contributed by atoms with van der Waals surface area (Å²) in [5.74, 6) is -1.06. The minimum Gasteiger partial charge on any atom is -0.481 e. The molecule has 2 aliphatic rings. The predicted octanol–water partition coefficient (Wildman–Crippen LogP) is 0.203. The van der Waals surface area contributed by atoms with Crippen LogP contribution in [-0.4, -0.2) is 46.1 Å². The Balaban J connectivity index is 2.13. The van der Waals surface area contributed by atoms with E-state index < -0.39 is 12.0 Å². The molecule has 1 saturated heterocycles. The lowest BCUT2D eigenvalue weighted by molar-refractivity contribution is -0.145. The van der Waals surface area contributed by atoms with E-state index in [2.05, 4.69) is 10.2 Å². The molecule has 0 spiro atoms. The van der Waals surface area contributed by atoms with Crippen LogP contribution in [0.15, 0.2) is 0 Å². The van der Waals surface area contributed by atoms with Gasteiger partial charge in [-0.05, 0) is 26.7 Å². The Bertz CT molecular complexity index is 323. The molecule has 0 bridgehead atoms. The summed E-state index contributed by atoms with van der Waals surface area (Å²) in [4.78, 5) is 24.7. The van der Waals surface area contributed by atoms with Gasteiger partial charge in [-0.25, -0.2) is 0 Å². The minimum atomic E-state index is -0.912. The van der Waals surface area contributed by atoms with Gasteiger partial charge in [0, 0.05) is 18.1 Å². The van der Waals surface area contributed by atoms with Crippen LogP contribution in [0.1, 0.15) is 33.1 Å². The van der Waals surface area contributed by atoms with Crippen molar-refractivity contribution in [3.63, 3.8) is 0 Å². The fraction of sp³-hybridized carbons (Fsp3) is 0.818. The van der Waals surface area contributed by atoms with E-state index in [1.165, 1.54) is 0 Å². The standard InChI is InChI=1S/C11H18N2O3/c1-11(2)6-13(7-3-4-7)8(5-9(14)15)10(16)12-11/h7-8H,3-6H2,1-2H3,(H,12,16)(H,14,15). The first-order valence-electron chi connectivity index (χ1n) is 5.69. The highest BCUT2D eigenvalue weighted by molar-refractivity contribution is 5.87. The van der Waals surface area contributed by atoms with Gasteiger partial charge in [-0.2, -0.15) is 0 Å². The summed E-state index contributed by atoms with van der Waals surface area (Å²) in [6.07, 6.45) is 2.07. The van der Waals surface area contributed by atoms with Crippen molar-refractivity contribution >= 4 is 11.9 Å². The third kappa shape index (κ3) is 2.35. The van der Waals surface area contributed by atoms with E-state index in [0.29, 0.717) is 6.04 Å². The molecule has 0 radical (unpaired) electrons. The maximum atomic E-state index is 11.9. The van der Waals surface area contributed by atoms with E-state index in [4.69, 9.17) is 5.11 Å². The Morgan fingerprint density at radius 2 is 2.19 bits per heavy atom. The number of nitrogens with zero attached hydrogens (tertiary/aromatic N) is 1. The third-order valence-electron chi connectivity index (χ3n) is 3.13. The largest absolute Gasteiger partial charge is 0.481 e. The number of carbonyl (C=O) groups is 2. The van der Waals surface area contributed by atoms with Gasteiger partial charge in [0.15, 0.2) is 0 Å². The molecule has 16 heavy (non-hydrogen) atoms. The molecular formula is C11H18N2O3. The fourth-order valence-corrected chi connectivity index (χ4v) is 2.34. The van der Waals surface area contributed by atoms with Crippen LogP contribution in [0, 0.1) is 0 Å². The Hall–Kier alpha value is -1.10. The average molecular weight is 226 g/mol. The zero-order valence-corrected chi connectivity index (χ0v) is 9.69. The highest BCUT2D eigenvalue weighted by Gasteiger charge is 2.45. The van der Waals surface area contributed by atoms with Crippen molar-refractivity contribution in [2.45, 2.75) is 50.7 Å². The van der Waals surface area contributed by atoms with Crippen molar-refractivity contribution in [2.75, 3.05) is 6.54 Å². The smallest absolute Gasteiger partial charge is 0.305 e. The van der Waals surface area contributed by atoms with E-state index in [-0.39, 0.29) is 17.9 Å². The second-order valence-corrected chi connectivity index (χ2v) is 5.39.